The maximum absolute atomic E-state index is 10.4. The maximum Gasteiger partial charge on any atom is 0.157 e. The van der Waals surface area contributed by atoms with Gasteiger partial charge in [0.15, 0.2) is 11.5 Å². The molecule has 82 valence electrons. The minimum atomic E-state index is -2.75. The van der Waals surface area contributed by atoms with Crippen molar-refractivity contribution in [1.29, 1.82) is 0 Å². The van der Waals surface area contributed by atoms with E-state index in [0.29, 0.717) is 0 Å². The average molecular weight is 215 g/mol. The van der Waals surface area contributed by atoms with Crippen LogP contribution in [0, 0.1) is 4.91 Å². The zero-order chi connectivity index (χ0) is 13.9. The molecule has 0 spiro atoms. The predicted octanol–water partition coefficient (Wildman–Crippen LogP) is 0.744. The Hall–Kier alpha value is -1.82. The van der Waals surface area contributed by atoms with Gasteiger partial charge in [0.1, 0.15) is 0 Å². The molecule has 0 heterocycles. The van der Waals surface area contributed by atoms with Crippen LogP contribution in [-0.4, -0.2) is 33.8 Å². The van der Waals surface area contributed by atoms with Gasteiger partial charge in [-0.1, -0.05) is 6.07 Å². The van der Waals surface area contributed by atoms with E-state index >= 15 is 0 Å². The smallest absolute Gasteiger partial charge is 0.157 e. The van der Waals surface area contributed by atoms with Gasteiger partial charge in [0.2, 0.25) is 0 Å². The molecule has 0 fully saturated rings. The van der Waals surface area contributed by atoms with Crippen molar-refractivity contribution < 1.29 is 19.4 Å². The summed E-state index contributed by atoms with van der Waals surface area (Å²) in [6, 6.07) is 3.51. The Labute approximate surface area is 90.5 Å². The van der Waals surface area contributed by atoms with E-state index in [0.717, 1.165) is 12.1 Å². The minimum absolute atomic E-state index is 0.156. The molecule has 6 heteroatoms. The van der Waals surface area contributed by atoms with E-state index in [1.54, 1.807) is 0 Å². The lowest BCUT2D eigenvalue weighted by Gasteiger charge is -2.15. The molecule has 1 aromatic rings. The average Bonchev–Trinajstić information content (AvgIpc) is 2.27. The van der Waals surface area contributed by atoms with Gasteiger partial charge in [-0.3, -0.25) is 5.01 Å². The molecular formula is C9H12N2O4. The van der Waals surface area contributed by atoms with Crippen LogP contribution in [0.15, 0.2) is 23.5 Å². The number of phenols is 2. The third kappa shape index (κ3) is 2.81. The van der Waals surface area contributed by atoms with E-state index in [2.05, 4.69) is 5.29 Å². The Kier molecular flexibility index (Phi) is 2.29. The second-order valence-corrected chi connectivity index (χ2v) is 2.93. The summed E-state index contributed by atoms with van der Waals surface area (Å²) in [5.41, 5.74) is 0.156. The number of nitrogens with zero attached hydrogens (tertiary/aromatic N) is 2. The van der Waals surface area contributed by atoms with Crippen LogP contribution in [0.1, 0.15) is 15.8 Å². The molecular weight excluding hydrogens is 200 g/mol. The molecule has 6 nitrogen and oxygen atoms in total. The van der Waals surface area contributed by atoms with Crippen molar-refractivity contribution in [2.75, 3.05) is 13.5 Å². The number of phenolic OH excluding ortho intramolecular Hbond substituents is 2. The van der Waals surface area contributed by atoms with Crippen LogP contribution in [0.2, 0.25) is 0 Å². The highest BCUT2D eigenvalue weighted by molar-refractivity contribution is 5.41. The van der Waals surface area contributed by atoms with Gasteiger partial charge in [-0.05, 0) is 17.7 Å². The van der Waals surface area contributed by atoms with Gasteiger partial charge < -0.3 is 15.3 Å². The van der Waals surface area contributed by atoms with Gasteiger partial charge in [-0.15, -0.1) is 4.91 Å². The van der Waals surface area contributed by atoms with Crippen LogP contribution in [-0.2, 0) is 0 Å². The van der Waals surface area contributed by atoms with Crippen molar-refractivity contribution in [3.8, 4) is 11.5 Å². The molecule has 0 radical (unpaired) electrons. The Bertz CT molecular complexity index is 438. The second-order valence-electron chi connectivity index (χ2n) is 2.93. The molecule has 0 aromatic heterocycles. The molecule has 0 bridgehead atoms. The number of rotatable bonds is 4. The van der Waals surface area contributed by atoms with Crippen molar-refractivity contribution >= 4 is 0 Å². The van der Waals surface area contributed by atoms with E-state index in [1.165, 1.54) is 6.07 Å². The van der Waals surface area contributed by atoms with Gasteiger partial charge in [0.25, 0.3) is 0 Å². The van der Waals surface area contributed by atoms with E-state index in [1.807, 2.05) is 0 Å². The maximum atomic E-state index is 10.4. The number of aromatic hydroxyl groups is 2. The molecule has 15 heavy (non-hydrogen) atoms. The van der Waals surface area contributed by atoms with Crippen LogP contribution in [0.3, 0.4) is 0 Å². The first-order chi connectivity index (χ1) is 8.25. The second kappa shape index (κ2) is 4.61. The molecule has 1 aromatic carbocycles. The molecule has 0 aliphatic rings. The fourth-order valence-electron chi connectivity index (χ4n) is 1.05. The number of hydrogen-bond acceptors (Lipinski definition) is 5. The Morgan fingerprint density at radius 3 is 2.80 bits per heavy atom. The van der Waals surface area contributed by atoms with E-state index in [-0.39, 0.29) is 16.3 Å². The molecule has 3 N–H and O–H groups in total. The highest BCUT2D eigenvalue weighted by atomic mass is 16.3. The molecule has 0 aliphatic carbocycles. The van der Waals surface area contributed by atoms with Gasteiger partial charge in [-0.2, -0.15) is 0 Å². The van der Waals surface area contributed by atoms with Crippen LogP contribution in [0.4, 0.5) is 0 Å². The lowest BCUT2D eigenvalue weighted by Crippen LogP contribution is -2.18. The Morgan fingerprint density at radius 1 is 1.53 bits per heavy atom. The van der Waals surface area contributed by atoms with E-state index in [4.69, 9.17) is 9.22 Å². The van der Waals surface area contributed by atoms with Crippen molar-refractivity contribution in [3.05, 3.63) is 28.7 Å². The molecule has 0 unspecified atom stereocenters. The third-order valence-corrected chi connectivity index (χ3v) is 1.83. The number of hydrogen-bond donors (Lipinski definition) is 3. The topological polar surface area (TPSA) is 93.4 Å². The van der Waals surface area contributed by atoms with Crippen molar-refractivity contribution in [2.45, 2.75) is 6.10 Å². The molecule has 0 saturated heterocycles. The first-order valence-electron chi connectivity index (χ1n) is 5.56. The summed E-state index contributed by atoms with van der Waals surface area (Å²) in [7, 11) is 0. The molecule has 0 amide bonds. The highest BCUT2D eigenvalue weighted by Crippen LogP contribution is 2.27. The van der Waals surface area contributed by atoms with Crippen molar-refractivity contribution in [3.63, 3.8) is 0 Å². The van der Waals surface area contributed by atoms with Gasteiger partial charge in [-0.25, -0.2) is 0 Å². The Morgan fingerprint density at radius 2 is 2.27 bits per heavy atom. The zero-order valence-electron chi connectivity index (χ0n) is 10.7. The lowest BCUT2D eigenvalue weighted by atomic mass is 10.1. The SMILES string of the molecule is [2H]C([2H])([2H])N(C[C@H](O)c1ccc(O)c(O)c1)N=O. The summed E-state index contributed by atoms with van der Waals surface area (Å²) >= 11 is 0. The first kappa shape index (κ1) is 7.47. The number of aliphatic hydroxyl groups excluding tert-OH is 1. The summed E-state index contributed by atoms with van der Waals surface area (Å²) in [4.78, 5) is 10.4. The molecule has 1 atom stereocenters. The van der Waals surface area contributed by atoms with Gasteiger partial charge >= 0.3 is 0 Å². The molecule has 1 rings (SSSR count). The monoisotopic (exact) mass is 215 g/mol. The normalized spacial score (nSPS) is 15.9. The number of aliphatic hydroxyl groups is 1. The van der Waals surface area contributed by atoms with Crippen LogP contribution < -0.4 is 0 Å². The van der Waals surface area contributed by atoms with Crippen LogP contribution in [0.25, 0.3) is 0 Å². The fourth-order valence-corrected chi connectivity index (χ4v) is 1.05. The van der Waals surface area contributed by atoms with Crippen molar-refractivity contribution in [1.82, 2.24) is 5.01 Å². The standard InChI is InChI=1S/C9H12N2O4/c1-11(10-15)5-9(14)6-2-3-7(12)8(13)4-6/h2-4,9,12-14H,5H2,1H3/t9-/m0/s1/i1D3. The van der Waals surface area contributed by atoms with Gasteiger partial charge in [0, 0.05) is 11.1 Å². The largest absolute Gasteiger partial charge is 0.504 e. The number of likely N-dealkylation sites (N-methyl/N-ethyl adjacent to an activating group) is 1. The van der Waals surface area contributed by atoms with Gasteiger partial charge in [0.05, 0.1) is 17.9 Å². The predicted molar refractivity (Wildman–Crippen MR) is 53.2 cm³/mol. The summed E-state index contributed by atoms with van der Waals surface area (Å²) in [6.45, 7) is -3.30. The number of benzene rings is 1. The van der Waals surface area contributed by atoms with Crippen LogP contribution >= 0.6 is 0 Å². The summed E-state index contributed by atoms with van der Waals surface area (Å²) in [6.07, 6.45) is -1.34. The molecule has 0 saturated carbocycles. The third-order valence-electron chi connectivity index (χ3n) is 1.83. The highest BCUT2D eigenvalue weighted by Gasteiger charge is 2.12. The molecule has 0 aliphatic heterocycles. The number of nitroso groups, excluding NO2 is 1. The van der Waals surface area contributed by atoms with Crippen LogP contribution in [0.5, 0.6) is 11.5 Å². The zero-order valence-corrected chi connectivity index (χ0v) is 7.66. The quantitative estimate of drug-likeness (QED) is 0.391. The summed E-state index contributed by atoms with van der Waals surface area (Å²) < 4.78 is 21.0. The summed E-state index contributed by atoms with van der Waals surface area (Å²) in [5, 5.41) is 30.6. The first-order valence-corrected chi connectivity index (χ1v) is 4.06. The lowest BCUT2D eigenvalue weighted by molar-refractivity contribution is 0.127. The summed E-state index contributed by atoms with van der Waals surface area (Å²) in [5.74, 6) is -0.821. The minimum Gasteiger partial charge on any atom is -0.504 e. The van der Waals surface area contributed by atoms with Crippen molar-refractivity contribution in [2.24, 2.45) is 5.29 Å². The fraction of sp³-hybridized carbons (Fsp3) is 0.333. The van der Waals surface area contributed by atoms with E-state index in [9.17, 15) is 15.1 Å². The Balaban J connectivity index is 2.84. The van der Waals surface area contributed by atoms with E-state index < -0.39 is 25.4 Å².